The fraction of sp³-hybridized carbons (Fsp3) is 0.972. The minimum Gasteiger partial charge on any atom is -0.443 e. The number of amides is 1. The monoisotopic (exact) mass is 620 g/mol. The molecule has 2 heterocycles. The molecule has 2 spiro atoms. The Morgan fingerprint density at radius 1 is 0.977 bits per heavy atom. The zero-order chi connectivity index (χ0) is 31.7. The van der Waals surface area contributed by atoms with Crippen molar-refractivity contribution in [3.8, 4) is 0 Å². The van der Waals surface area contributed by atoms with Gasteiger partial charge in [-0.1, -0.05) is 34.6 Å². The van der Waals surface area contributed by atoms with Gasteiger partial charge in [-0.05, 0) is 115 Å². The molecule has 0 bridgehead atoms. The summed E-state index contributed by atoms with van der Waals surface area (Å²) < 4.78 is 25.6. The predicted octanol–water partition coefficient (Wildman–Crippen LogP) is 6.10. The smallest absolute Gasteiger partial charge is 0.409 e. The summed E-state index contributed by atoms with van der Waals surface area (Å²) in [7, 11) is 4.52. The quantitative estimate of drug-likeness (QED) is 0.384. The minimum absolute atomic E-state index is 0. The van der Waals surface area contributed by atoms with E-state index in [1.807, 2.05) is 0 Å². The lowest BCUT2D eigenvalue weighted by atomic mass is 9.46. The van der Waals surface area contributed by atoms with Crippen LogP contribution in [0.3, 0.4) is 0 Å². The van der Waals surface area contributed by atoms with Crippen molar-refractivity contribution in [2.75, 3.05) is 40.9 Å². The van der Waals surface area contributed by atoms with Gasteiger partial charge in [0.1, 0.15) is 6.10 Å². The number of hydrogen-bond donors (Lipinski definition) is 2. The zero-order valence-electron chi connectivity index (χ0n) is 28.9. The number of rotatable bonds is 5. The second-order valence-corrected chi connectivity index (χ2v) is 16.9. The van der Waals surface area contributed by atoms with Crippen molar-refractivity contribution < 1.29 is 30.3 Å². The van der Waals surface area contributed by atoms with Crippen molar-refractivity contribution in [1.82, 2.24) is 10.2 Å². The normalized spacial score (nSPS) is 47.4. The first kappa shape index (κ1) is 33.0. The average molecular weight is 621 g/mol. The number of aliphatic hydroxyl groups excluding tert-OH is 1. The molecule has 2 N–H and O–H groups in total. The highest BCUT2D eigenvalue weighted by Crippen LogP contribution is 2.87. The van der Waals surface area contributed by atoms with Gasteiger partial charge in [-0.3, -0.25) is 0 Å². The van der Waals surface area contributed by atoms with Crippen LogP contribution in [0, 0.1) is 51.2 Å². The van der Waals surface area contributed by atoms with E-state index >= 15 is 0 Å². The Hall–Kier alpha value is -0.930. The number of carbonyl (C=O) groups is 1. The second kappa shape index (κ2) is 11.9. The summed E-state index contributed by atoms with van der Waals surface area (Å²) in [5.74, 6) is 3.24. The third-order valence-corrected chi connectivity index (χ3v) is 14.4. The lowest BCUT2D eigenvalue weighted by molar-refractivity contribution is -0.232. The van der Waals surface area contributed by atoms with Crippen LogP contribution in [0.1, 0.15) is 100 Å². The van der Waals surface area contributed by atoms with E-state index in [0.29, 0.717) is 28.3 Å². The van der Waals surface area contributed by atoms with Crippen molar-refractivity contribution in [1.29, 1.82) is 0 Å². The van der Waals surface area contributed by atoms with E-state index in [1.165, 1.54) is 62.7 Å². The topological polar surface area (TPSA) is 89.5 Å². The molecule has 8 nitrogen and oxygen atoms in total. The van der Waals surface area contributed by atoms with Crippen molar-refractivity contribution in [2.45, 2.75) is 130 Å². The molecule has 7 aliphatic rings. The van der Waals surface area contributed by atoms with Crippen LogP contribution >= 0.6 is 0 Å². The van der Waals surface area contributed by atoms with Gasteiger partial charge in [0.2, 0.25) is 0 Å². The van der Waals surface area contributed by atoms with Crippen molar-refractivity contribution in [2.24, 2.45) is 51.2 Å². The van der Waals surface area contributed by atoms with Crippen LogP contribution < -0.4 is 5.32 Å². The number of carbonyl (C=O) groups excluding carboxylic acids is 1. The second-order valence-electron chi connectivity index (χ2n) is 16.9. The molecule has 7 rings (SSSR count). The van der Waals surface area contributed by atoms with E-state index in [9.17, 15) is 4.79 Å². The van der Waals surface area contributed by atoms with Crippen LogP contribution in [0.2, 0.25) is 0 Å². The molecule has 5 aliphatic carbocycles. The lowest BCUT2D eigenvalue weighted by Gasteiger charge is -2.60. The molecule has 0 radical (unpaired) electrons. The Bertz CT molecular complexity index is 1050. The summed E-state index contributed by atoms with van der Waals surface area (Å²) in [6.07, 6.45) is 13.0. The maximum absolute atomic E-state index is 12.5. The molecule has 7 unspecified atom stereocenters. The molecule has 44 heavy (non-hydrogen) atoms. The fourth-order valence-electron chi connectivity index (χ4n) is 12.4. The van der Waals surface area contributed by atoms with E-state index in [0.717, 1.165) is 51.0 Å². The van der Waals surface area contributed by atoms with Crippen LogP contribution in [-0.4, -0.2) is 87.7 Å². The standard InChI is InChI=1S/C35H58N2O5.CH4O.H2/c1-21(2)30(42-31(38)37(6)7)25-10-8-23-26(40-25)18-24-22-9-11-27-32(3,4)28(41-29-19-36-16-17-39-29)12-13-35(27)20-34(22,35)15-14-33(23,24)5;1-2;/h21-30,36H,8-20H2,1-7H3;2H,1H3;1H/t22?,23?,24?,25?,26?,27?,28-,29?,30+,33+,34-,35+;;/m0../s1. The summed E-state index contributed by atoms with van der Waals surface area (Å²) in [6, 6.07) is 0. The molecule has 254 valence electrons. The zero-order valence-corrected chi connectivity index (χ0v) is 28.9. The van der Waals surface area contributed by atoms with Crippen molar-refractivity contribution >= 4 is 6.09 Å². The SMILES string of the molecule is CC(C)[C@@H](OC(=O)N(C)C)C1CCC2C(CC3C4CCC5C(C)(C)[C@@H](OC6CNCCO6)CC[C@@]56C[C@@]46CC[C@]23C)O1.CO.[HH]. The van der Waals surface area contributed by atoms with Crippen LogP contribution in [-0.2, 0) is 18.9 Å². The van der Waals surface area contributed by atoms with E-state index < -0.39 is 0 Å². The van der Waals surface area contributed by atoms with E-state index in [2.05, 4.69) is 39.9 Å². The van der Waals surface area contributed by atoms with E-state index in [-0.39, 0.29) is 43.5 Å². The van der Waals surface area contributed by atoms with Gasteiger partial charge >= 0.3 is 6.09 Å². The maximum Gasteiger partial charge on any atom is 0.409 e. The number of nitrogens with zero attached hydrogens (tertiary/aromatic N) is 1. The van der Waals surface area contributed by atoms with Crippen LogP contribution in [0.25, 0.3) is 0 Å². The van der Waals surface area contributed by atoms with Gasteiger partial charge in [0, 0.05) is 35.7 Å². The van der Waals surface area contributed by atoms with Gasteiger partial charge in [-0.25, -0.2) is 4.79 Å². The summed E-state index contributed by atoms with van der Waals surface area (Å²) in [5.41, 5.74) is 1.63. The fourth-order valence-corrected chi connectivity index (χ4v) is 12.4. The molecule has 0 aromatic carbocycles. The highest BCUT2D eigenvalue weighted by atomic mass is 16.7. The van der Waals surface area contributed by atoms with Gasteiger partial charge in [-0.15, -0.1) is 0 Å². The molecule has 8 heteroatoms. The number of aliphatic hydroxyl groups is 1. The van der Waals surface area contributed by atoms with Crippen LogP contribution in [0.5, 0.6) is 0 Å². The Balaban J connectivity index is 0.00000131. The van der Waals surface area contributed by atoms with Gasteiger partial charge in [0.25, 0.3) is 0 Å². The summed E-state index contributed by atoms with van der Waals surface area (Å²) >= 11 is 0. The first-order chi connectivity index (χ1) is 20.9. The predicted molar refractivity (Wildman–Crippen MR) is 172 cm³/mol. The molecular formula is C36H64N2O6. The Kier molecular flexibility index (Phi) is 8.96. The summed E-state index contributed by atoms with van der Waals surface area (Å²) in [6.45, 7) is 14.5. The molecule has 0 aromatic heterocycles. The third-order valence-electron chi connectivity index (χ3n) is 14.4. The molecule has 2 saturated heterocycles. The molecule has 5 saturated carbocycles. The number of nitrogens with one attached hydrogen (secondary N) is 1. The maximum atomic E-state index is 12.5. The highest BCUT2D eigenvalue weighted by Gasteiger charge is 2.80. The first-order valence-electron chi connectivity index (χ1n) is 17.9. The molecule has 7 fully saturated rings. The van der Waals surface area contributed by atoms with E-state index in [4.69, 9.17) is 24.1 Å². The Morgan fingerprint density at radius 3 is 2.41 bits per heavy atom. The molecule has 12 atom stereocenters. The number of morpholine rings is 1. The largest absolute Gasteiger partial charge is 0.443 e. The molecule has 1 amide bonds. The van der Waals surface area contributed by atoms with Gasteiger partial charge < -0.3 is 34.3 Å². The summed E-state index contributed by atoms with van der Waals surface area (Å²) in [4.78, 5) is 14.0. The van der Waals surface area contributed by atoms with E-state index in [1.54, 1.807) is 14.1 Å². The first-order valence-corrected chi connectivity index (χ1v) is 17.9. The van der Waals surface area contributed by atoms with Crippen molar-refractivity contribution in [3.63, 3.8) is 0 Å². The van der Waals surface area contributed by atoms with Crippen molar-refractivity contribution in [3.05, 3.63) is 0 Å². The average Bonchev–Trinajstić information content (AvgIpc) is 3.58. The van der Waals surface area contributed by atoms with Gasteiger partial charge in [-0.2, -0.15) is 0 Å². The number of fused-ring (bicyclic) bond motifs is 4. The summed E-state index contributed by atoms with van der Waals surface area (Å²) in [5, 5.41) is 10.4. The van der Waals surface area contributed by atoms with Gasteiger partial charge in [0.15, 0.2) is 6.29 Å². The molecule has 2 aliphatic heterocycles. The third kappa shape index (κ3) is 4.98. The minimum atomic E-state index is -0.254. The lowest BCUT2D eigenvalue weighted by Crippen LogP contribution is -2.56. The Morgan fingerprint density at radius 2 is 1.73 bits per heavy atom. The van der Waals surface area contributed by atoms with Crippen LogP contribution in [0.4, 0.5) is 4.79 Å². The number of ether oxygens (including phenoxy) is 4. The Labute approximate surface area is 268 Å². The van der Waals surface area contributed by atoms with Crippen LogP contribution in [0.15, 0.2) is 0 Å². The molecule has 0 aromatic rings. The number of hydrogen-bond acceptors (Lipinski definition) is 7. The molecular weight excluding hydrogens is 556 g/mol. The highest BCUT2D eigenvalue weighted by molar-refractivity contribution is 5.67. The van der Waals surface area contributed by atoms with Gasteiger partial charge in [0.05, 0.1) is 24.9 Å².